The highest BCUT2D eigenvalue weighted by Crippen LogP contribution is 2.58. The van der Waals surface area contributed by atoms with Crippen molar-refractivity contribution in [2.24, 2.45) is 16.7 Å². The number of rotatable bonds is 4. The molecule has 3 heteroatoms. The largest absolute Gasteiger partial charge is 0.393 e. The molecule has 0 aromatic carbocycles. The zero-order valence-electron chi connectivity index (χ0n) is 18.3. The van der Waals surface area contributed by atoms with Gasteiger partial charge in [0.1, 0.15) is 5.60 Å². The molecule has 4 atom stereocenters. The molecule has 3 nitrogen and oxygen atoms in total. The molecule has 0 spiro atoms. The van der Waals surface area contributed by atoms with E-state index in [0.29, 0.717) is 18.8 Å². The third kappa shape index (κ3) is 5.38. The van der Waals surface area contributed by atoms with Crippen molar-refractivity contribution in [3.05, 3.63) is 36.0 Å². The molecule has 0 amide bonds. The Morgan fingerprint density at radius 1 is 1.25 bits per heavy atom. The van der Waals surface area contributed by atoms with E-state index in [0.717, 1.165) is 30.4 Å². The van der Waals surface area contributed by atoms with E-state index in [4.69, 9.17) is 0 Å². The summed E-state index contributed by atoms with van der Waals surface area (Å²) >= 11 is 0. The molecule has 156 valence electrons. The van der Waals surface area contributed by atoms with Gasteiger partial charge in [-0.15, -0.1) is 5.92 Å². The molecule has 0 aromatic rings. The molecular weight excluding hydrogens is 348 g/mol. The number of hydrogen-bond donors (Lipinski definition) is 3. The Hall–Kier alpha value is -1.34. The van der Waals surface area contributed by atoms with Gasteiger partial charge in [-0.2, -0.15) is 0 Å². The van der Waals surface area contributed by atoms with Crippen molar-refractivity contribution < 1.29 is 15.3 Å². The molecule has 28 heavy (non-hydrogen) atoms. The summed E-state index contributed by atoms with van der Waals surface area (Å²) in [4.78, 5) is 0. The van der Waals surface area contributed by atoms with Crippen molar-refractivity contribution in [2.75, 3.05) is 0 Å². The SMILES string of the molecule is C=C1/C(=C\C=C\[C@@H]2CC[C@](C)(CCC#CC(C)(C)O)C2(C)C)C[C@@H](O)C[C@@H]1O. The summed E-state index contributed by atoms with van der Waals surface area (Å²) < 4.78 is 0. The van der Waals surface area contributed by atoms with Crippen molar-refractivity contribution in [3.63, 3.8) is 0 Å². The highest BCUT2D eigenvalue weighted by molar-refractivity contribution is 5.37. The van der Waals surface area contributed by atoms with Crippen molar-refractivity contribution in [2.45, 2.75) is 91.0 Å². The van der Waals surface area contributed by atoms with Crippen LogP contribution >= 0.6 is 0 Å². The fourth-order valence-electron chi connectivity index (χ4n) is 4.57. The molecule has 0 radical (unpaired) electrons. The monoisotopic (exact) mass is 386 g/mol. The van der Waals surface area contributed by atoms with Crippen molar-refractivity contribution in [3.8, 4) is 11.8 Å². The zero-order chi connectivity index (χ0) is 21.2. The molecule has 2 aliphatic carbocycles. The molecule has 0 saturated heterocycles. The third-order valence-electron chi connectivity index (χ3n) is 7.09. The number of allylic oxidation sites excluding steroid dienone is 3. The van der Waals surface area contributed by atoms with Crippen LogP contribution in [0.2, 0.25) is 0 Å². The summed E-state index contributed by atoms with van der Waals surface area (Å²) in [5.74, 6) is 6.54. The summed E-state index contributed by atoms with van der Waals surface area (Å²) in [6, 6.07) is 0. The van der Waals surface area contributed by atoms with E-state index in [2.05, 4.69) is 51.3 Å². The van der Waals surface area contributed by atoms with Gasteiger partial charge in [-0.1, -0.05) is 51.5 Å². The summed E-state index contributed by atoms with van der Waals surface area (Å²) in [5, 5.41) is 29.6. The van der Waals surface area contributed by atoms with Crippen LogP contribution in [0.25, 0.3) is 0 Å². The van der Waals surface area contributed by atoms with Crippen molar-refractivity contribution in [1.82, 2.24) is 0 Å². The van der Waals surface area contributed by atoms with E-state index in [1.807, 2.05) is 6.08 Å². The first-order chi connectivity index (χ1) is 12.9. The maximum Gasteiger partial charge on any atom is 0.119 e. The summed E-state index contributed by atoms with van der Waals surface area (Å²) in [5.41, 5.74) is 1.12. The van der Waals surface area contributed by atoms with Crippen LogP contribution in [0.1, 0.15) is 73.1 Å². The van der Waals surface area contributed by atoms with E-state index >= 15 is 0 Å². The maximum atomic E-state index is 9.98. The van der Waals surface area contributed by atoms with Crippen LogP contribution < -0.4 is 0 Å². The minimum atomic E-state index is -0.921. The lowest BCUT2D eigenvalue weighted by molar-refractivity contribution is 0.0862. The number of aliphatic hydroxyl groups is 3. The predicted octanol–water partition coefficient (Wildman–Crippen LogP) is 4.54. The molecule has 3 N–H and O–H groups in total. The lowest BCUT2D eigenvalue weighted by Gasteiger charge is -2.41. The lowest BCUT2D eigenvalue weighted by Crippen LogP contribution is -2.33. The standard InChI is InChI=1S/C25H38O3/c1-18-19(16-21(26)17-22(18)27)10-9-11-20-12-15-25(6,24(20,4)5)14-8-7-13-23(2,3)28/h9-11,20-22,26-28H,1,8,12,14-17H2,2-6H3/b11-9+,19-10-/t20-,21-,22+,25+/m1/s1. The van der Waals surface area contributed by atoms with Crippen LogP contribution in [0.5, 0.6) is 0 Å². The maximum absolute atomic E-state index is 9.98. The Bertz CT molecular complexity index is 696. The second kappa shape index (κ2) is 8.57. The summed E-state index contributed by atoms with van der Waals surface area (Å²) in [7, 11) is 0. The van der Waals surface area contributed by atoms with Gasteiger partial charge in [0.2, 0.25) is 0 Å². The second-order valence-corrected chi connectivity index (χ2v) is 10.00. The Kier molecular flexibility index (Phi) is 7.03. The van der Waals surface area contributed by atoms with Crippen LogP contribution in [0.15, 0.2) is 36.0 Å². The molecule has 2 aliphatic rings. The predicted molar refractivity (Wildman–Crippen MR) is 116 cm³/mol. The van der Waals surface area contributed by atoms with Crippen molar-refractivity contribution >= 4 is 0 Å². The molecule has 0 bridgehead atoms. The van der Waals surface area contributed by atoms with E-state index in [-0.39, 0.29) is 10.8 Å². The highest BCUT2D eigenvalue weighted by atomic mass is 16.3. The van der Waals surface area contributed by atoms with Gasteiger partial charge >= 0.3 is 0 Å². The molecule has 0 heterocycles. The molecule has 2 fully saturated rings. The minimum absolute atomic E-state index is 0.154. The van der Waals surface area contributed by atoms with E-state index in [9.17, 15) is 15.3 Å². The van der Waals surface area contributed by atoms with Crippen LogP contribution in [0, 0.1) is 28.6 Å². The quantitative estimate of drug-likeness (QED) is 0.622. The highest BCUT2D eigenvalue weighted by Gasteiger charge is 2.49. The summed E-state index contributed by atoms with van der Waals surface area (Å²) in [6.45, 7) is 14.5. The molecule has 2 rings (SSSR count). The van der Waals surface area contributed by atoms with Gasteiger partial charge in [0, 0.05) is 12.8 Å². The van der Waals surface area contributed by atoms with Crippen LogP contribution in [-0.4, -0.2) is 33.1 Å². The Balaban J connectivity index is 2.03. The fraction of sp³-hybridized carbons (Fsp3) is 0.680. The van der Waals surface area contributed by atoms with E-state index in [1.165, 1.54) is 6.42 Å². The van der Waals surface area contributed by atoms with E-state index in [1.54, 1.807) is 13.8 Å². The van der Waals surface area contributed by atoms with Crippen LogP contribution in [0.3, 0.4) is 0 Å². The fourth-order valence-corrected chi connectivity index (χ4v) is 4.57. The molecule has 0 aromatic heterocycles. The molecule has 0 unspecified atom stereocenters. The first-order valence-electron chi connectivity index (χ1n) is 10.5. The third-order valence-corrected chi connectivity index (χ3v) is 7.09. The topological polar surface area (TPSA) is 60.7 Å². The van der Waals surface area contributed by atoms with Gasteiger partial charge in [0.25, 0.3) is 0 Å². The normalized spacial score (nSPS) is 34.6. The van der Waals surface area contributed by atoms with Gasteiger partial charge in [-0.05, 0) is 67.4 Å². The van der Waals surface area contributed by atoms with E-state index < -0.39 is 17.8 Å². The van der Waals surface area contributed by atoms with Gasteiger partial charge in [0.15, 0.2) is 0 Å². The molecule has 0 aliphatic heterocycles. The van der Waals surface area contributed by atoms with Crippen molar-refractivity contribution in [1.29, 1.82) is 0 Å². The molecular formula is C25H38O3. The minimum Gasteiger partial charge on any atom is -0.393 e. The van der Waals surface area contributed by atoms with Crippen LogP contribution in [-0.2, 0) is 0 Å². The van der Waals surface area contributed by atoms with Gasteiger partial charge in [0.05, 0.1) is 12.2 Å². The average molecular weight is 387 g/mol. The first-order valence-corrected chi connectivity index (χ1v) is 10.5. The average Bonchev–Trinajstić information content (AvgIpc) is 2.79. The van der Waals surface area contributed by atoms with Crippen LogP contribution in [0.4, 0.5) is 0 Å². The Labute approximate surface area is 171 Å². The Morgan fingerprint density at radius 2 is 1.93 bits per heavy atom. The number of aliphatic hydroxyl groups excluding tert-OH is 2. The van der Waals surface area contributed by atoms with Gasteiger partial charge in [-0.25, -0.2) is 0 Å². The number of hydrogen-bond acceptors (Lipinski definition) is 3. The van der Waals surface area contributed by atoms with Gasteiger partial charge < -0.3 is 15.3 Å². The van der Waals surface area contributed by atoms with Gasteiger partial charge in [-0.3, -0.25) is 0 Å². The first kappa shape index (κ1) is 22.9. The second-order valence-electron chi connectivity index (χ2n) is 10.00. The molecule has 2 saturated carbocycles. The smallest absolute Gasteiger partial charge is 0.119 e. The summed E-state index contributed by atoms with van der Waals surface area (Å²) in [6.07, 6.45) is 10.3. The Morgan fingerprint density at radius 3 is 2.57 bits per heavy atom. The zero-order valence-corrected chi connectivity index (χ0v) is 18.3. The lowest BCUT2D eigenvalue weighted by atomic mass is 9.63.